The Labute approximate surface area is 98.2 Å². The van der Waals surface area contributed by atoms with Crippen molar-refractivity contribution in [2.75, 3.05) is 13.6 Å². The van der Waals surface area contributed by atoms with Crippen LogP contribution in [-0.4, -0.2) is 23.4 Å². The molecule has 0 amide bonds. The van der Waals surface area contributed by atoms with Crippen LogP contribution in [0.3, 0.4) is 0 Å². The van der Waals surface area contributed by atoms with Gasteiger partial charge in [-0.25, -0.2) is 0 Å². The number of hydrogen-bond acceptors (Lipinski definition) is 2. The summed E-state index contributed by atoms with van der Waals surface area (Å²) in [5.74, 6) is 1.73. The van der Waals surface area contributed by atoms with Crippen LogP contribution in [0.4, 0.5) is 0 Å². The fourth-order valence-corrected chi connectivity index (χ4v) is 2.90. The molecule has 16 heavy (non-hydrogen) atoms. The van der Waals surface area contributed by atoms with Crippen molar-refractivity contribution in [3.63, 3.8) is 0 Å². The lowest BCUT2D eigenvalue weighted by Gasteiger charge is -2.18. The maximum Gasteiger partial charge on any atom is 0.0521 e. The highest BCUT2D eigenvalue weighted by Gasteiger charge is 2.26. The van der Waals surface area contributed by atoms with Crippen LogP contribution in [0.2, 0.25) is 0 Å². The van der Waals surface area contributed by atoms with Gasteiger partial charge in [0.2, 0.25) is 0 Å². The molecule has 2 rings (SSSR count). The SMILES string of the molecule is CCn1cc(CC2CCCC2CNC)cn1. The first-order valence-electron chi connectivity index (χ1n) is 6.49. The molecule has 1 fully saturated rings. The van der Waals surface area contributed by atoms with E-state index >= 15 is 0 Å². The summed E-state index contributed by atoms with van der Waals surface area (Å²) in [5, 5.41) is 7.67. The fraction of sp³-hybridized carbons (Fsp3) is 0.769. The van der Waals surface area contributed by atoms with Gasteiger partial charge in [0.25, 0.3) is 0 Å². The van der Waals surface area contributed by atoms with Gasteiger partial charge < -0.3 is 5.32 Å². The van der Waals surface area contributed by atoms with Gasteiger partial charge in [-0.05, 0) is 57.2 Å². The third kappa shape index (κ3) is 2.64. The Hall–Kier alpha value is -0.830. The Bertz CT molecular complexity index is 319. The predicted molar refractivity (Wildman–Crippen MR) is 66.4 cm³/mol. The number of rotatable bonds is 5. The lowest BCUT2D eigenvalue weighted by molar-refractivity contribution is 0.374. The second-order valence-electron chi connectivity index (χ2n) is 4.92. The first-order valence-corrected chi connectivity index (χ1v) is 6.49. The molecule has 3 nitrogen and oxygen atoms in total. The second kappa shape index (κ2) is 5.48. The zero-order valence-electron chi connectivity index (χ0n) is 10.4. The summed E-state index contributed by atoms with van der Waals surface area (Å²) in [6.45, 7) is 4.29. The average Bonchev–Trinajstić information content (AvgIpc) is 2.90. The summed E-state index contributed by atoms with van der Waals surface area (Å²) in [6, 6.07) is 0. The van der Waals surface area contributed by atoms with Crippen molar-refractivity contribution in [1.82, 2.24) is 15.1 Å². The summed E-state index contributed by atoms with van der Waals surface area (Å²) >= 11 is 0. The van der Waals surface area contributed by atoms with Gasteiger partial charge in [-0.2, -0.15) is 5.10 Å². The molecule has 0 radical (unpaired) electrons. The van der Waals surface area contributed by atoms with Crippen molar-refractivity contribution in [2.45, 2.75) is 39.2 Å². The largest absolute Gasteiger partial charge is 0.319 e. The van der Waals surface area contributed by atoms with Crippen LogP contribution in [0, 0.1) is 11.8 Å². The minimum Gasteiger partial charge on any atom is -0.319 e. The molecule has 2 unspecified atom stereocenters. The molecule has 1 heterocycles. The Kier molecular flexibility index (Phi) is 3.99. The first-order chi connectivity index (χ1) is 7.83. The first kappa shape index (κ1) is 11.6. The minimum atomic E-state index is 0.863. The van der Waals surface area contributed by atoms with Gasteiger partial charge in [-0.1, -0.05) is 6.42 Å². The van der Waals surface area contributed by atoms with Crippen LogP contribution in [0.15, 0.2) is 12.4 Å². The second-order valence-corrected chi connectivity index (χ2v) is 4.92. The lowest BCUT2D eigenvalue weighted by atomic mass is 9.90. The Morgan fingerprint density at radius 1 is 1.44 bits per heavy atom. The lowest BCUT2D eigenvalue weighted by Crippen LogP contribution is -2.23. The smallest absolute Gasteiger partial charge is 0.0521 e. The third-order valence-corrected chi connectivity index (χ3v) is 3.79. The molecule has 1 saturated carbocycles. The summed E-state index contributed by atoms with van der Waals surface area (Å²) in [4.78, 5) is 0. The van der Waals surface area contributed by atoms with Crippen molar-refractivity contribution in [1.29, 1.82) is 0 Å². The molecule has 0 bridgehead atoms. The van der Waals surface area contributed by atoms with E-state index in [0.29, 0.717) is 0 Å². The summed E-state index contributed by atoms with van der Waals surface area (Å²) < 4.78 is 2.03. The van der Waals surface area contributed by atoms with E-state index in [0.717, 1.165) is 18.4 Å². The molecule has 2 atom stereocenters. The molecule has 0 aromatic carbocycles. The van der Waals surface area contributed by atoms with Gasteiger partial charge >= 0.3 is 0 Å². The topological polar surface area (TPSA) is 29.9 Å². The maximum atomic E-state index is 4.35. The third-order valence-electron chi connectivity index (χ3n) is 3.79. The van der Waals surface area contributed by atoms with E-state index in [4.69, 9.17) is 0 Å². The highest BCUT2D eigenvalue weighted by molar-refractivity contribution is 5.06. The Balaban J connectivity index is 1.92. The van der Waals surface area contributed by atoms with Crippen molar-refractivity contribution in [2.24, 2.45) is 11.8 Å². The monoisotopic (exact) mass is 221 g/mol. The number of aryl methyl sites for hydroxylation is 1. The Morgan fingerprint density at radius 2 is 2.25 bits per heavy atom. The predicted octanol–water partition coefficient (Wildman–Crippen LogP) is 2.08. The normalized spacial score (nSPS) is 25.1. The average molecular weight is 221 g/mol. The molecule has 1 aliphatic rings. The van der Waals surface area contributed by atoms with E-state index in [1.165, 1.54) is 37.8 Å². The summed E-state index contributed by atoms with van der Waals surface area (Å²) in [5.41, 5.74) is 1.41. The van der Waals surface area contributed by atoms with Crippen molar-refractivity contribution in [3.8, 4) is 0 Å². The van der Waals surface area contributed by atoms with Crippen LogP contribution in [0.25, 0.3) is 0 Å². The molecule has 3 heteroatoms. The summed E-state index contributed by atoms with van der Waals surface area (Å²) in [7, 11) is 2.06. The molecular formula is C13H23N3. The van der Waals surface area contributed by atoms with Crippen molar-refractivity contribution in [3.05, 3.63) is 18.0 Å². The zero-order chi connectivity index (χ0) is 11.4. The maximum absolute atomic E-state index is 4.35. The van der Waals surface area contributed by atoms with Gasteiger partial charge in [0, 0.05) is 12.7 Å². The fourth-order valence-electron chi connectivity index (χ4n) is 2.90. The molecule has 90 valence electrons. The molecule has 1 aromatic rings. The van der Waals surface area contributed by atoms with Gasteiger partial charge in [0.1, 0.15) is 0 Å². The standard InChI is InChI=1S/C13H23N3/c1-3-16-10-11(8-15-16)7-12-5-4-6-13(12)9-14-2/h8,10,12-14H,3-7,9H2,1-2H3. The van der Waals surface area contributed by atoms with Gasteiger partial charge in [-0.3, -0.25) is 4.68 Å². The van der Waals surface area contributed by atoms with E-state index in [1.807, 2.05) is 10.9 Å². The quantitative estimate of drug-likeness (QED) is 0.825. The highest BCUT2D eigenvalue weighted by atomic mass is 15.3. The number of hydrogen-bond donors (Lipinski definition) is 1. The zero-order valence-corrected chi connectivity index (χ0v) is 10.4. The number of nitrogens with one attached hydrogen (secondary N) is 1. The van der Waals surface area contributed by atoms with E-state index in [-0.39, 0.29) is 0 Å². The van der Waals surface area contributed by atoms with Crippen molar-refractivity contribution < 1.29 is 0 Å². The van der Waals surface area contributed by atoms with Crippen molar-refractivity contribution >= 4 is 0 Å². The van der Waals surface area contributed by atoms with E-state index in [1.54, 1.807) is 0 Å². The van der Waals surface area contributed by atoms with Crippen LogP contribution in [0.5, 0.6) is 0 Å². The van der Waals surface area contributed by atoms with Crippen LogP contribution < -0.4 is 5.32 Å². The minimum absolute atomic E-state index is 0.863. The summed E-state index contributed by atoms with van der Waals surface area (Å²) in [6.07, 6.45) is 9.65. The van der Waals surface area contributed by atoms with E-state index in [9.17, 15) is 0 Å². The molecule has 0 aliphatic heterocycles. The molecule has 0 spiro atoms. The number of nitrogens with zero attached hydrogens (tertiary/aromatic N) is 2. The van der Waals surface area contributed by atoms with Crippen LogP contribution in [0.1, 0.15) is 31.7 Å². The van der Waals surface area contributed by atoms with E-state index in [2.05, 4.69) is 30.6 Å². The molecule has 0 saturated heterocycles. The van der Waals surface area contributed by atoms with Gasteiger partial charge in [-0.15, -0.1) is 0 Å². The highest BCUT2D eigenvalue weighted by Crippen LogP contribution is 2.33. The van der Waals surface area contributed by atoms with Crippen LogP contribution in [-0.2, 0) is 13.0 Å². The Morgan fingerprint density at radius 3 is 2.94 bits per heavy atom. The van der Waals surface area contributed by atoms with Gasteiger partial charge in [0.05, 0.1) is 6.20 Å². The molecule has 1 aromatic heterocycles. The van der Waals surface area contributed by atoms with Gasteiger partial charge in [0.15, 0.2) is 0 Å². The molecule has 1 aliphatic carbocycles. The van der Waals surface area contributed by atoms with Crippen LogP contribution >= 0.6 is 0 Å². The number of aromatic nitrogens is 2. The molecular weight excluding hydrogens is 198 g/mol. The van der Waals surface area contributed by atoms with E-state index < -0.39 is 0 Å². The molecule has 1 N–H and O–H groups in total.